The van der Waals surface area contributed by atoms with Crippen molar-refractivity contribution in [2.45, 2.75) is 18.9 Å². The summed E-state index contributed by atoms with van der Waals surface area (Å²) in [5.41, 5.74) is 1.64. The second-order valence-electron chi connectivity index (χ2n) is 7.75. The Hall–Kier alpha value is -3.90. The number of hydrogen-bond donors (Lipinski definition) is 2. The molecule has 0 saturated carbocycles. The highest BCUT2D eigenvalue weighted by molar-refractivity contribution is 6.00. The Morgan fingerprint density at radius 1 is 1.12 bits per heavy atom. The summed E-state index contributed by atoms with van der Waals surface area (Å²) in [5, 5.41) is 5.33. The maximum atomic E-state index is 14.7. The number of anilines is 3. The number of urea groups is 1. The topological polar surface area (TPSA) is 91.0 Å². The summed E-state index contributed by atoms with van der Waals surface area (Å²) in [5.74, 6) is 1.12. The van der Waals surface area contributed by atoms with Gasteiger partial charge in [0.2, 0.25) is 5.91 Å². The third kappa shape index (κ3) is 4.96. The Bertz CT molecular complexity index is 1110. The van der Waals surface area contributed by atoms with Crippen molar-refractivity contribution in [1.82, 2.24) is 4.90 Å². The number of carbonyl (C=O) groups is 3. The second kappa shape index (κ2) is 9.71. The molecule has 2 saturated heterocycles. The fourth-order valence-corrected chi connectivity index (χ4v) is 3.91. The minimum absolute atomic E-state index is 0.0124. The number of ether oxygens (including phenoxy) is 1. The molecule has 2 aromatic rings. The van der Waals surface area contributed by atoms with Crippen LogP contribution < -0.4 is 15.5 Å². The Labute approximate surface area is 190 Å². The summed E-state index contributed by atoms with van der Waals surface area (Å²) in [6.07, 6.45) is 6.46. The number of nitrogens with one attached hydrogen (secondary N) is 2. The molecule has 2 aliphatic heterocycles. The Morgan fingerprint density at radius 3 is 2.61 bits per heavy atom. The van der Waals surface area contributed by atoms with Crippen LogP contribution in [0.3, 0.4) is 0 Å². The van der Waals surface area contributed by atoms with Gasteiger partial charge in [0.1, 0.15) is 18.5 Å². The average molecular weight is 450 g/mol. The number of carbonyl (C=O) groups excluding carboxylic acids is 3. The minimum atomic E-state index is -0.727. The largest absolute Gasteiger partial charge is 0.370 e. The minimum Gasteiger partial charge on any atom is -0.370 e. The SMILES string of the molecule is C#Cc1ccc(NC(=O)N2CCC[C@@H]2C(=O)Nc2ccc(N3CCOCC3=O)cc2F)cc1. The molecule has 2 aromatic carbocycles. The number of rotatable bonds is 4. The van der Waals surface area contributed by atoms with Crippen molar-refractivity contribution in [2.75, 3.05) is 41.8 Å². The van der Waals surface area contributed by atoms with Crippen LogP contribution in [0.4, 0.5) is 26.2 Å². The van der Waals surface area contributed by atoms with Gasteiger partial charge in [-0.1, -0.05) is 5.92 Å². The van der Waals surface area contributed by atoms with E-state index in [1.165, 1.54) is 21.9 Å². The lowest BCUT2D eigenvalue weighted by Gasteiger charge is -2.27. The molecular formula is C24H23FN4O4. The summed E-state index contributed by atoms with van der Waals surface area (Å²) in [4.78, 5) is 40.4. The van der Waals surface area contributed by atoms with Crippen LogP contribution in [-0.4, -0.2) is 55.1 Å². The van der Waals surface area contributed by atoms with Gasteiger partial charge in [-0.3, -0.25) is 9.59 Å². The van der Waals surface area contributed by atoms with Gasteiger partial charge in [0.25, 0.3) is 5.91 Å². The van der Waals surface area contributed by atoms with Gasteiger partial charge >= 0.3 is 6.03 Å². The molecule has 2 heterocycles. The highest BCUT2D eigenvalue weighted by Crippen LogP contribution is 2.25. The number of benzene rings is 2. The predicted octanol–water partition coefficient (Wildman–Crippen LogP) is 2.81. The second-order valence-corrected chi connectivity index (χ2v) is 7.75. The molecule has 0 bridgehead atoms. The van der Waals surface area contributed by atoms with E-state index in [1.54, 1.807) is 30.3 Å². The summed E-state index contributed by atoms with van der Waals surface area (Å²) in [6.45, 7) is 1.07. The lowest BCUT2D eigenvalue weighted by molar-refractivity contribution is -0.125. The third-order valence-electron chi connectivity index (χ3n) is 5.63. The van der Waals surface area contributed by atoms with Crippen molar-refractivity contribution in [1.29, 1.82) is 0 Å². The van der Waals surface area contributed by atoms with Crippen LogP contribution in [0.15, 0.2) is 42.5 Å². The van der Waals surface area contributed by atoms with Crippen molar-refractivity contribution < 1.29 is 23.5 Å². The number of morpholine rings is 1. The van der Waals surface area contributed by atoms with Gasteiger partial charge in [-0.15, -0.1) is 6.42 Å². The van der Waals surface area contributed by atoms with E-state index in [2.05, 4.69) is 16.6 Å². The molecule has 2 N–H and O–H groups in total. The number of terminal acetylenes is 1. The van der Waals surface area contributed by atoms with Crippen LogP contribution in [0.25, 0.3) is 0 Å². The van der Waals surface area contributed by atoms with Crippen LogP contribution >= 0.6 is 0 Å². The maximum absolute atomic E-state index is 14.7. The van der Waals surface area contributed by atoms with Crippen LogP contribution in [0.5, 0.6) is 0 Å². The molecule has 0 unspecified atom stereocenters. The maximum Gasteiger partial charge on any atom is 0.322 e. The van der Waals surface area contributed by atoms with E-state index < -0.39 is 23.8 Å². The zero-order valence-electron chi connectivity index (χ0n) is 17.8. The first-order valence-corrected chi connectivity index (χ1v) is 10.6. The van der Waals surface area contributed by atoms with Crippen LogP contribution in [0.1, 0.15) is 18.4 Å². The van der Waals surface area contributed by atoms with Crippen molar-refractivity contribution in [3.05, 3.63) is 53.8 Å². The Kier molecular flexibility index (Phi) is 6.56. The number of halogens is 1. The number of likely N-dealkylation sites (tertiary alicyclic amines) is 1. The molecule has 0 radical (unpaired) electrons. The van der Waals surface area contributed by atoms with E-state index in [1.807, 2.05) is 0 Å². The first-order valence-electron chi connectivity index (χ1n) is 10.6. The standard InChI is InChI=1S/C24H23FN4O4/c1-2-16-5-7-17(8-6-16)26-24(32)29-11-3-4-21(29)23(31)27-20-10-9-18(14-19(20)25)28-12-13-33-15-22(28)30/h1,5-10,14,21H,3-4,11-13,15H2,(H,26,32)(H,27,31)/t21-/m1/s1. The van der Waals surface area contributed by atoms with Crippen LogP contribution in [0, 0.1) is 18.2 Å². The van der Waals surface area contributed by atoms with Crippen molar-refractivity contribution in [2.24, 2.45) is 0 Å². The fourth-order valence-electron chi connectivity index (χ4n) is 3.91. The van der Waals surface area contributed by atoms with Crippen molar-refractivity contribution in [3.63, 3.8) is 0 Å². The molecule has 1 atom stereocenters. The normalized spacial score (nSPS) is 18.1. The third-order valence-corrected chi connectivity index (χ3v) is 5.63. The van der Waals surface area contributed by atoms with Gasteiger partial charge in [-0.2, -0.15) is 0 Å². The van der Waals surface area contributed by atoms with E-state index in [0.717, 1.165) is 0 Å². The van der Waals surface area contributed by atoms with E-state index in [0.29, 0.717) is 49.5 Å². The lowest BCUT2D eigenvalue weighted by Crippen LogP contribution is -2.45. The molecular weight excluding hydrogens is 427 g/mol. The summed E-state index contributed by atoms with van der Waals surface area (Å²) in [6, 6.07) is 9.85. The summed E-state index contributed by atoms with van der Waals surface area (Å²) in [7, 11) is 0. The van der Waals surface area contributed by atoms with Crippen molar-refractivity contribution in [3.8, 4) is 12.3 Å². The van der Waals surface area contributed by atoms with Crippen molar-refractivity contribution >= 4 is 34.9 Å². The molecule has 4 amide bonds. The van der Waals surface area contributed by atoms with Gasteiger partial charge in [-0.05, 0) is 55.3 Å². The average Bonchev–Trinajstić information content (AvgIpc) is 3.32. The highest BCUT2D eigenvalue weighted by Gasteiger charge is 2.34. The van der Waals surface area contributed by atoms with Gasteiger partial charge in [-0.25, -0.2) is 9.18 Å². The number of hydrogen-bond acceptors (Lipinski definition) is 4. The van der Waals surface area contributed by atoms with Gasteiger partial charge in [0.15, 0.2) is 0 Å². The number of nitrogens with zero attached hydrogens (tertiary/aromatic N) is 2. The van der Waals surface area contributed by atoms with E-state index in [4.69, 9.17) is 11.2 Å². The first-order chi connectivity index (χ1) is 16.0. The molecule has 0 aromatic heterocycles. The lowest BCUT2D eigenvalue weighted by atomic mass is 10.2. The van der Waals surface area contributed by atoms with Crippen LogP contribution in [0.2, 0.25) is 0 Å². The molecule has 0 spiro atoms. The summed E-state index contributed by atoms with van der Waals surface area (Å²) < 4.78 is 19.8. The van der Waals surface area contributed by atoms with Gasteiger partial charge < -0.3 is 25.2 Å². The molecule has 0 aliphatic carbocycles. The Balaban J connectivity index is 1.41. The van der Waals surface area contributed by atoms with E-state index in [9.17, 15) is 18.8 Å². The monoisotopic (exact) mass is 450 g/mol. The predicted molar refractivity (Wildman–Crippen MR) is 121 cm³/mol. The van der Waals surface area contributed by atoms with Gasteiger partial charge in [0, 0.05) is 30.0 Å². The molecule has 2 fully saturated rings. The van der Waals surface area contributed by atoms with E-state index >= 15 is 0 Å². The molecule has 8 nitrogen and oxygen atoms in total. The zero-order chi connectivity index (χ0) is 23.4. The molecule has 2 aliphatic rings. The smallest absolute Gasteiger partial charge is 0.322 e. The van der Waals surface area contributed by atoms with Gasteiger partial charge in [0.05, 0.1) is 12.3 Å². The first kappa shape index (κ1) is 22.3. The number of amides is 4. The molecule has 170 valence electrons. The molecule has 33 heavy (non-hydrogen) atoms. The van der Waals surface area contributed by atoms with E-state index in [-0.39, 0.29) is 18.2 Å². The molecule has 4 rings (SSSR count). The zero-order valence-corrected chi connectivity index (χ0v) is 17.8. The van der Waals surface area contributed by atoms with Crippen LogP contribution in [-0.2, 0) is 14.3 Å². The highest BCUT2D eigenvalue weighted by atomic mass is 19.1. The quantitative estimate of drug-likeness (QED) is 0.701. The summed E-state index contributed by atoms with van der Waals surface area (Å²) >= 11 is 0. The molecule has 9 heteroatoms. The Morgan fingerprint density at radius 2 is 1.91 bits per heavy atom. The fraction of sp³-hybridized carbons (Fsp3) is 0.292.